The van der Waals surface area contributed by atoms with Crippen molar-refractivity contribution < 1.29 is 38.9 Å². The molecule has 8 nitrogen and oxygen atoms in total. The molecular formula is C49H68O8. The van der Waals surface area contributed by atoms with Crippen molar-refractivity contribution in [2.75, 3.05) is 0 Å². The van der Waals surface area contributed by atoms with E-state index in [9.17, 15) is 19.2 Å². The Morgan fingerprint density at radius 3 is 1.42 bits per heavy atom. The second kappa shape index (κ2) is 25.3. The fourth-order valence-corrected chi connectivity index (χ4v) is 6.99. The summed E-state index contributed by atoms with van der Waals surface area (Å²) in [6, 6.07) is 0. The molecule has 57 heavy (non-hydrogen) atoms. The average Bonchev–Trinajstić information content (AvgIpc) is 3.08. The van der Waals surface area contributed by atoms with Gasteiger partial charge in [0.05, 0.1) is 12.8 Å². The van der Waals surface area contributed by atoms with Gasteiger partial charge in [0.15, 0.2) is 0 Å². The standard InChI is InChI=1S/C45H60O6.C4H8O2/c1-32(17-13-19-34(3)21-23-40-36(5)27-38(50-31-46)29-44(40,7)8)15-11-12-16-33(2)18-14-20-35(4)22-24-41-37(6)28-39(30-45(41,9)10)51-43(49)26-25-42(47)48;1-2-3-4(5)6/h11-24,31,38-39H,25-30H2,1-10H3,(H,47,48);2-3H2,1H3,(H,5,6)/b12-11+,17-13+,18-14+,23-21+,24-22+,32-15+,33-16+,34-19+,35-20+;. The highest BCUT2D eigenvalue weighted by molar-refractivity contribution is 5.76. The van der Waals surface area contributed by atoms with Gasteiger partial charge in [-0.3, -0.25) is 19.2 Å². The molecule has 0 aromatic heterocycles. The summed E-state index contributed by atoms with van der Waals surface area (Å²) in [6.45, 7) is 23.7. The molecular weight excluding hydrogens is 717 g/mol. The van der Waals surface area contributed by atoms with Gasteiger partial charge in [-0.05, 0) is 82.8 Å². The summed E-state index contributed by atoms with van der Waals surface area (Å²) in [6.07, 6.45) is 32.8. The van der Waals surface area contributed by atoms with Gasteiger partial charge in [0.1, 0.15) is 12.2 Å². The zero-order valence-electron chi connectivity index (χ0n) is 36.3. The van der Waals surface area contributed by atoms with E-state index >= 15 is 0 Å². The molecule has 2 N–H and O–H groups in total. The lowest BCUT2D eigenvalue weighted by Crippen LogP contribution is -2.32. The van der Waals surface area contributed by atoms with E-state index in [-0.39, 0.29) is 35.9 Å². The summed E-state index contributed by atoms with van der Waals surface area (Å²) >= 11 is 0. The highest BCUT2D eigenvalue weighted by Gasteiger charge is 2.35. The van der Waals surface area contributed by atoms with Crippen LogP contribution in [0.2, 0.25) is 0 Å². The summed E-state index contributed by atoms with van der Waals surface area (Å²) in [7, 11) is 0. The van der Waals surface area contributed by atoms with Crippen molar-refractivity contribution in [3.05, 3.63) is 130 Å². The van der Waals surface area contributed by atoms with E-state index in [1.807, 2.05) is 19.1 Å². The van der Waals surface area contributed by atoms with Gasteiger partial charge in [-0.1, -0.05) is 153 Å². The number of esters is 1. The summed E-state index contributed by atoms with van der Waals surface area (Å²) in [5.74, 6) is -2.15. The van der Waals surface area contributed by atoms with Crippen LogP contribution in [0.3, 0.4) is 0 Å². The van der Waals surface area contributed by atoms with Crippen LogP contribution in [0.5, 0.6) is 0 Å². The first-order chi connectivity index (χ1) is 26.7. The zero-order valence-corrected chi connectivity index (χ0v) is 36.3. The highest BCUT2D eigenvalue weighted by Crippen LogP contribution is 2.43. The number of aliphatic carboxylic acids is 2. The predicted molar refractivity (Wildman–Crippen MR) is 232 cm³/mol. The monoisotopic (exact) mass is 784 g/mol. The van der Waals surface area contributed by atoms with Gasteiger partial charge < -0.3 is 19.7 Å². The minimum atomic E-state index is -0.995. The fourth-order valence-electron chi connectivity index (χ4n) is 6.99. The Balaban J connectivity index is 0.00000250. The van der Waals surface area contributed by atoms with E-state index in [4.69, 9.17) is 19.7 Å². The molecule has 0 aliphatic heterocycles. The summed E-state index contributed by atoms with van der Waals surface area (Å²) < 4.78 is 10.9. The lowest BCUT2D eigenvalue weighted by Gasteiger charge is -2.37. The Labute approximate surface area is 342 Å². The van der Waals surface area contributed by atoms with Crippen molar-refractivity contribution in [2.24, 2.45) is 10.8 Å². The van der Waals surface area contributed by atoms with Crippen LogP contribution >= 0.6 is 0 Å². The number of rotatable bonds is 18. The summed E-state index contributed by atoms with van der Waals surface area (Å²) in [5.41, 5.74) is 9.38. The Bertz CT molecular complexity index is 1740. The Kier molecular flexibility index (Phi) is 22.2. The van der Waals surface area contributed by atoms with Gasteiger partial charge >= 0.3 is 17.9 Å². The third-order valence-electron chi connectivity index (χ3n) is 9.77. The van der Waals surface area contributed by atoms with E-state index in [2.05, 4.69) is 142 Å². The van der Waals surface area contributed by atoms with Crippen LogP contribution < -0.4 is 0 Å². The maximum absolute atomic E-state index is 12.1. The third kappa shape index (κ3) is 20.7. The van der Waals surface area contributed by atoms with Crippen LogP contribution in [0, 0.1) is 10.8 Å². The Morgan fingerprint density at radius 1 is 0.632 bits per heavy atom. The van der Waals surface area contributed by atoms with Crippen molar-refractivity contribution in [3.8, 4) is 0 Å². The van der Waals surface area contributed by atoms with Gasteiger partial charge in [-0.25, -0.2) is 0 Å². The highest BCUT2D eigenvalue weighted by atomic mass is 16.5. The van der Waals surface area contributed by atoms with E-state index in [0.29, 0.717) is 25.7 Å². The molecule has 0 amide bonds. The summed E-state index contributed by atoms with van der Waals surface area (Å²) in [5, 5.41) is 16.7. The first-order valence-electron chi connectivity index (χ1n) is 19.9. The van der Waals surface area contributed by atoms with Crippen LogP contribution in [-0.4, -0.2) is 46.8 Å². The number of allylic oxidation sites excluding steroid dienone is 20. The quantitative estimate of drug-likeness (QED) is 0.0799. The molecule has 0 saturated heterocycles. The van der Waals surface area contributed by atoms with Gasteiger partial charge in [0.25, 0.3) is 6.47 Å². The fraction of sp³-hybridized carbons (Fsp3) is 0.469. The normalized spacial score (nSPS) is 20.8. The van der Waals surface area contributed by atoms with Gasteiger partial charge in [0, 0.05) is 19.3 Å². The number of hydrogen-bond donors (Lipinski definition) is 2. The number of hydrogen-bond acceptors (Lipinski definition) is 6. The molecule has 2 unspecified atom stereocenters. The molecule has 312 valence electrons. The van der Waals surface area contributed by atoms with E-state index in [1.165, 1.54) is 22.3 Å². The number of carbonyl (C=O) groups excluding carboxylic acids is 2. The maximum Gasteiger partial charge on any atom is 0.306 e. The molecule has 2 atom stereocenters. The molecule has 0 bridgehead atoms. The minimum absolute atomic E-state index is 0.0444. The number of carboxylic acid groups (broad SMARTS) is 2. The van der Waals surface area contributed by atoms with Crippen LogP contribution in [-0.2, 0) is 28.7 Å². The molecule has 0 radical (unpaired) electrons. The second-order valence-corrected chi connectivity index (χ2v) is 16.4. The molecule has 8 heteroatoms. The second-order valence-electron chi connectivity index (χ2n) is 16.4. The molecule has 0 spiro atoms. The average molecular weight is 785 g/mol. The number of carbonyl (C=O) groups is 4. The van der Waals surface area contributed by atoms with Crippen LogP contribution in [0.1, 0.15) is 128 Å². The molecule has 0 heterocycles. The van der Waals surface area contributed by atoms with E-state index in [0.717, 1.165) is 41.6 Å². The van der Waals surface area contributed by atoms with E-state index < -0.39 is 17.9 Å². The molecule has 2 aliphatic rings. The van der Waals surface area contributed by atoms with Crippen LogP contribution in [0.15, 0.2) is 130 Å². The van der Waals surface area contributed by atoms with E-state index in [1.54, 1.807) is 0 Å². The van der Waals surface area contributed by atoms with Crippen molar-refractivity contribution in [1.82, 2.24) is 0 Å². The predicted octanol–water partition coefficient (Wildman–Crippen LogP) is 12.0. The molecule has 2 rings (SSSR count). The van der Waals surface area contributed by atoms with Crippen molar-refractivity contribution >= 4 is 24.4 Å². The Hall–Kier alpha value is -4.98. The smallest absolute Gasteiger partial charge is 0.306 e. The first kappa shape index (κ1) is 50.0. The van der Waals surface area contributed by atoms with Crippen LogP contribution in [0.25, 0.3) is 0 Å². The van der Waals surface area contributed by atoms with Crippen molar-refractivity contribution in [2.45, 2.75) is 140 Å². The van der Waals surface area contributed by atoms with Crippen molar-refractivity contribution in [1.29, 1.82) is 0 Å². The van der Waals surface area contributed by atoms with Crippen molar-refractivity contribution in [3.63, 3.8) is 0 Å². The number of ether oxygens (including phenoxy) is 2. The van der Waals surface area contributed by atoms with Gasteiger partial charge in [-0.2, -0.15) is 0 Å². The molecule has 0 fully saturated rings. The third-order valence-corrected chi connectivity index (χ3v) is 9.77. The first-order valence-corrected chi connectivity index (χ1v) is 19.9. The lowest BCUT2D eigenvalue weighted by molar-refractivity contribution is -0.153. The molecule has 0 saturated carbocycles. The van der Waals surface area contributed by atoms with Gasteiger partial charge in [-0.15, -0.1) is 0 Å². The molecule has 2 aliphatic carbocycles. The van der Waals surface area contributed by atoms with Crippen LogP contribution in [0.4, 0.5) is 0 Å². The molecule has 0 aromatic rings. The maximum atomic E-state index is 12.1. The topological polar surface area (TPSA) is 127 Å². The minimum Gasteiger partial charge on any atom is -0.481 e. The molecule has 0 aromatic carbocycles. The number of carboxylic acids is 2. The van der Waals surface area contributed by atoms with Gasteiger partial charge in [0.2, 0.25) is 0 Å². The largest absolute Gasteiger partial charge is 0.481 e. The lowest BCUT2D eigenvalue weighted by atomic mass is 9.71. The Morgan fingerprint density at radius 2 is 1.04 bits per heavy atom. The zero-order chi connectivity index (χ0) is 43.2. The summed E-state index contributed by atoms with van der Waals surface area (Å²) in [4.78, 5) is 43.2. The SMILES string of the molecule is CC1=C(/C=C/C(C)=C/C=C/C(C)=C/C=C/C=C(C)/C=C/C=C(C)/C=C/C2=C(C)CC(OC(=O)CCC(=O)O)CC2(C)C)C(C)(C)CC(OC=O)C1.CCCC(=O)O.